The molecule has 8 heteroatoms. The number of esters is 1. The normalized spacial score (nSPS) is 17.9. The summed E-state index contributed by atoms with van der Waals surface area (Å²) in [6, 6.07) is 12.6. The monoisotopic (exact) mass is 439 g/mol. The van der Waals surface area contributed by atoms with Crippen LogP contribution in [-0.2, 0) is 9.53 Å². The average Bonchev–Trinajstić information content (AvgIpc) is 3.09. The van der Waals surface area contributed by atoms with Crippen molar-refractivity contribution in [2.45, 2.75) is 6.92 Å². The quantitative estimate of drug-likeness (QED) is 0.678. The molecule has 0 aliphatic carbocycles. The second-order valence-electron chi connectivity index (χ2n) is 6.57. The summed E-state index contributed by atoms with van der Waals surface area (Å²) in [7, 11) is 1.59. The Morgan fingerprint density at radius 2 is 1.90 bits per heavy atom. The summed E-state index contributed by atoms with van der Waals surface area (Å²) in [5, 5.41) is 11.2. The summed E-state index contributed by atoms with van der Waals surface area (Å²) in [4.78, 5) is 17.6. The maximum absolute atomic E-state index is 12.5. The van der Waals surface area contributed by atoms with Gasteiger partial charge in [-0.2, -0.15) is 0 Å². The third-order valence-corrected chi connectivity index (χ3v) is 5.56. The number of rotatable bonds is 5. The van der Waals surface area contributed by atoms with Crippen LogP contribution < -0.4 is 14.2 Å². The van der Waals surface area contributed by atoms with Crippen LogP contribution in [0.3, 0.4) is 0 Å². The minimum absolute atomic E-state index is 0.0476. The topological polar surface area (TPSA) is 86.6 Å². The molecule has 0 bridgehead atoms. The number of hydrogen-bond donors (Lipinski definition) is 1. The molecule has 2 heterocycles. The Kier molecular flexibility index (Phi) is 6.18. The fourth-order valence-corrected chi connectivity index (χ4v) is 4.10. The van der Waals surface area contributed by atoms with E-state index in [1.807, 2.05) is 18.2 Å². The zero-order valence-electron chi connectivity index (χ0n) is 17.1. The highest BCUT2D eigenvalue weighted by molar-refractivity contribution is 8.18. The van der Waals surface area contributed by atoms with E-state index in [0.29, 0.717) is 46.1 Å². The van der Waals surface area contributed by atoms with Gasteiger partial charge in [-0.05, 0) is 55.0 Å². The molecular weight excluding hydrogens is 418 g/mol. The van der Waals surface area contributed by atoms with Crippen LogP contribution in [0.5, 0.6) is 17.2 Å². The zero-order chi connectivity index (χ0) is 21.8. The van der Waals surface area contributed by atoms with Crippen LogP contribution in [-0.4, -0.2) is 43.0 Å². The second-order valence-corrected chi connectivity index (χ2v) is 7.60. The zero-order valence-corrected chi connectivity index (χ0v) is 17.9. The molecule has 0 amide bonds. The van der Waals surface area contributed by atoms with Crippen molar-refractivity contribution in [3.05, 3.63) is 64.3 Å². The molecule has 2 aliphatic heterocycles. The van der Waals surface area contributed by atoms with E-state index in [4.69, 9.17) is 18.9 Å². The number of aliphatic hydroxyl groups excluding tert-OH is 1. The smallest absolute Gasteiger partial charge is 0.344 e. The van der Waals surface area contributed by atoms with Crippen LogP contribution in [0, 0.1) is 0 Å². The predicted molar refractivity (Wildman–Crippen MR) is 119 cm³/mol. The molecule has 160 valence electrons. The van der Waals surface area contributed by atoms with Crippen LogP contribution in [0.25, 0.3) is 6.08 Å². The Balaban J connectivity index is 1.70. The molecule has 0 unspecified atom stereocenters. The van der Waals surface area contributed by atoms with Gasteiger partial charge in [-0.25, -0.2) is 9.79 Å². The Bertz CT molecular complexity index is 1090. The Morgan fingerprint density at radius 1 is 1.16 bits per heavy atom. The van der Waals surface area contributed by atoms with Crippen molar-refractivity contribution >= 4 is 34.5 Å². The van der Waals surface area contributed by atoms with Crippen LogP contribution in [0.15, 0.2) is 63.7 Å². The Morgan fingerprint density at radius 3 is 2.61 bits per heavy atom. The molecule has 2 aromatic carbocycles. The number of thioether (sulfide) groups is 1. The first-order valence-corrected chi connectivity index (χ1v) is 10.5. The van der Waals surface area contributed by atoms with Crippen molar-refractivity contribution in [2.75, 3.05) is 26.9 Å². The summed E-state index contributed by atoms with van der Waals surface area (Å²) < 4.78 is 21.5. The van der Waals surface area contributed by atoms with E-state index in [2.05, 4.69) is 4.99 Å². The van der Waals surface area contributed by atoms with Crippen molar-refractivity contribution in [3.8, 4) is 17.2 Å². The highest BCUT2D eigenvalue weighted by Crippen LogP contribution is 2.41. The number of benzene rings is 2. The lowest BCUT2D eigenvalue weighted by molar-refractivity contribution is -0.138. The molecular formula is C23H21NO6S. The van der Waals surface area contributed by atoms with Gasteiger partial charge in [0.2, 0.25) is 0 Å². The summed E-state index contributed by atoms with van der Waals surface area (Å²) in [5.74, 6) is 1.24. The SMILES string of the molecule is CCOC(=O)C1=C(O)C(=Cc2ccc3c(c2)OCCO3)SC1=Nc1ccc(OC)cc1. The number of aliphatic imine (C=N–C) groups is 1. The molecule has 2 aliphatic rings. The summed E-state index contributed by atoms with van der Waals surface area (Å²) in [5.41, 5.74) is 1.47. The molecule has 0 radical (unpaired) electrons. The molecule has 1 N–H and O–H groups in total. The summed E-state index contributed by atoms with van der Waals surface area (Å²) in [6.45, 7) is 2.90. The lowest BCUT2D eigenvalue weighted by atomic mass is 10.1. The molecule has 7 nitrogen and oxygen atoms in total. The van der Waals surface area contributed by atoms with Crippen molar-refractivity contribution in [3.63, 3.8) is 0 Å². The molecule has 0 saturated heterocycles. The first kappa shape index (κ1) is 20.9. The molecule has 2 aromatic rings. The maximum atomic E-state index is 12.5. The van der Waals surface area contributed by atoms with E-state index >= 15 is 0 Å². The van der Waals surface area contributed by atoms with Gasteiger partial charge in [-0.15, -0.1) is 0 Å². The van der Waals surface area contributed by atoms with E-state index in [0.717, 1.165) is 5.56 Å². The fourth-order valence-electron chi connectivity index (χ4n) is 3.07. The van der Waals surface area contributed by atoms with Gasteiger partial charge in [0.15, 0.2) is 11.5 Å². The first-order valence-electron chi connectivity index (χ1n) is 9.72. The minimum atomic E-state index is -0.620. The van der Waals surface area contributed by atoms with Gasteiger partial charge in [0.05, 0.1) is 24.3 Å². The highest BCUT2D eigenvalue weighted by Gasteiger charge is 2.33. The number of methoxy groups -OCH3 is 1. The van der Waals surface area contributed by atoms with Gasteiger partial charge < -0.3 is 24.1 Å². The van der Waals surface area contributed by atoms with Gasteiger partial charge in [0.25, 0.3) is 0 Å². The summed E-state index contributed by atoms with van der Waals surface area (Å²) in [6.07, 6.45) is 1.77. The van der Waals surface area contributed by atoms with E-state index < -0.39 is 5.97 Å². The molecule has 4 rings (SSSR count). The average molecular weight is 439 g/mol. The molecule has 0 spiro atoms. The van der Waals surface area contributed by atoms with E-state index in [9.17, 15) is 9.90 Å². The van der Waals surface area contributed by atoms with Crippen LogP contribution in [0.2, 0.25) is 0 Å². The van der Waals surface area contributed by atoms with Crippen molar-refractivity contribution < 1.29 is 28.8 Å². The number of nitrogens with zero attached hydrogens (tertiary/aromatic N) is 1. The maximum Gasteiger partial charge on any atom is 0.344 e. The van der Waals surface area contributed by atoms with Gasteiger partial charge in [-0.1, -0.05) is 17.8 Å². The van der Waals surface area contributed by atoms with Gasteiger partial charge in [0, 0.05) is 0 Å². The van der Waals surface area contributed by atoms with E-state index in [1.54, 1.807) is 44.4 Å². The van der Waals surface area contributed by atoms with E-state index in [1.165, 1.54) is 11.8 Å². The minimum Gasteiger partial charge on any atom is -0.506 e. The van der Waals surface area contributed by atoms with Gasteiger partial charge >= 0.3 is 5.97 Å². The van der Waals surface area contributed by atoms with Gasteiger partial charge in [0.1, 0.15) is 35.3 Å². The molecule has 31 heavy (non-hydrogen) atoms. The van der Waals surface area contributed by atoms with Crippen molar-refractivity contribution in [2.24, 2.45) is 4.99 Å². The Hall–Kier alpha value is -3.39. The van der Waals surface area contributed by atoms with Crippen LogP contribution in [0.1, 0.15) is 12.5 Å². The van der Waals surface area contributed by atoms with E-state index in [-0.39, 0.29) is 17.9 Å². The lowest BCUT2D eigenvalue weighted by Gasteiger charge is -2.18. The lowest BCUT2D eigenvalue weighted by Crippen LogP contribution is -2.15. The number of ether oxygens (including phenoxy) is 4. The number of fused-ring (bicyclic) bond motifs is 1. The standard InChI is InChI=1S/C23H21NO6S/c1-3-28-23(26)20-21(25)19(13-14-4-9-17-18(12-14)30-11-10-29-17)31-22(20)24-15-5-7-16(27-2)8-6-15/h4-9,12-13,25H,3,10-11H2,1-2H3. The Labute approximate surface area is 184 Å². The summed E-state index contributed by atoms with van der Waals surface area (Å²) >= 11 is 1.20. The van der Waals surface area contributed by atoms with Crippen LogP contribution >= 0.6 is 11.8 Å². The first-order chi connectivity index (χ1) is 15.1. The third-order valence-electron chi connectivity index (χ3n) is 4.54. The van der Waals surface area contributed by atoms with Gasteiger partial charge in [-0.3, -0.25) is 0 Å². The molecule has 0 fully saturated rings. The number of carbonyl (C=O) groups is 1. The molecule has 0 saturated carbocycles. The fraction of sp³-hybridized carbons (Fsp3) is 0.217. The van der Waals surface area contributed by atoms with Crippen LogP contribution in [0.4, 0.5) is 5.69 Å². The highest BCUT2D eigenvalue weighted by atomic mass is 32.2. The molecule has 0 atom stereocenters. The van der Waals surface area contributed by atoms with Crippen molar-refractivity contribution in [1.82, 2.24) is 0 Å². The number of hydrogen-bond acceptors (Lipinski definition) is 8. The largest absolute Gasteiger partial charge is 0.506 e. The number of aliphatic hydroxyl groups is 1. The molecule has 0 aromatic heterocycles. The third kappa shape index (κ3) is 4.54. The number of carbonyl (C=O) groups excluding carboxylic acids is 1. The second kappa shape index (κ2) is 9.18. The predicted octanol–water partition coefficient (Wildman–Crippen LogP) is 4.66. The van der Waals surface area contributed by atoms with Crippen molar-refractivity contribution in [1.29, 1.82) is 0 Å².